The first kappa shape index (κ1) is 22.0. The van der Waals surface area contributed by atoms with Crippen LogP contribution in [-0.2, 0) is 14.3 Å². The van der Waals surface area contributed by atoms with Crippen LogP contribution in [0.4, 0.5) is 11.4 Å². The minimum atomic E-state index is -0.956. The molecular formula is C22H30N2O6. The Hall–Kier alpha value is -2.74. The standard InChI is InChI=1S/C22H30N2O6/c1-3-29-19-14-18(24-9-11-28-12-10-24)20(30-4-2)13-17(19)23-21(25)15-7-5-6-8-16(15)22(26)27/h5-6,13-16H,3-4,7-12H2,1-2H3,(H,23,25)(H,26,27). The first-order valence-corrected chi connectivity index (χ1v) is 10.5. The van der Waals surface area contributed by atoms with Gasteiger partial charge >= 0.3 is 5.97 Å². The molecular weight excluding hydrogens is 388 g/mol. The van der Waals surface area contributed by atoms with Gasteiger partial charge in [-0.05, 0) is 26.7 Å². The molecule has 1 aliphatic carbocycles. The molecule has 3 rings (SSSR count). The molecule has 0 spiro atoms. The number of rotatable bonds is 8. The number of allylic oxidation sites excluding steroid dienone is 2. The highest BCUT2D eigenvalue weighted by atomic mass is 16.5. The second kappa shape index (κ2) is 10.3. The van der Waals surface area contributed by atoms with Crippen LogP contribution >= 0.6 is 0 Å². The molecule has 1 fully saturated rings. The maximum absolute atomic E-state index is 13.0. The second-order valence-electron chi connectivity index (χ2n) is 7.26. The molecule has 2 unspecified atom stereocenters. The molecule has 1 aliphatic heterocycles. The molecule has 0 bridgehead atoms. The number of benzene rings is 1. The Bertz CT molecular complexity index is 788. The molecule has 2 N–H and O–H groups in total. The lowest BCUT2D eigenvalue weighted by Gasteiger charge is -2.31. The number of carboxylic acids is 1. The summed E-state index contributed by atoms with van der Waals surface area (Å²) in [5.41, 5.74) is 1.38. The Balaban J connectivity index is 1.90. The molecule has 8 heteroatoms. The third kappa shape index (κ3) is 5.05. The first-order chi connectivity index (χ1) is 14.5. The van der Waals surface area contributed by atoms with Gasteiger partial charge in [-0.2, -0.15) is 0 Å². The van der Waals surface area contributed by atoms with Gasteiger partial charge in [0.25, 0.3) is 0 Å². The van der Waals surface area contributed by atoms with Crippen LogP contribution in [0.25, 0.3) is 0 Å². The fraction of sp³-hybridized carbons (Fsp3) is 0.545. The summed E-state index contributed by atoms with van der Waals surface area (Å²) in [6, 6.07) is 3.65. The maximum atomic E-state index is 13.0. The summed E-state index contributed by atoms with van der Waals surface area (Å²) in [5.74, 6) is -1.46. The van der Waals surface area contributed by atoms with E-state index >= 15 is 0 Å². The average Bonchev–Trinajstić information content (AvgIpc) is 2.76. The Morgan fingerprint density at radius 3 is 2.33 bits per heavy atom. The molecule has 2 atom stereocenters. The fourth-order valence-electron chi connectivity index (χ4n) is 3.85. The Morgan fingerprint density at radius 2 is 1.70 bits per heavy atom. The summed E-state index contributed by atoms with van der Waals surface area (Å²) >= 11 is 0. The predicted molar refractivity (Wildman–Crippen MR) is 113 cm³/mol. The van der Waals surface area contributed by atoms with Crippen molar-refractivity contribution in [3.8, 4) is 11.5 Å². The van der Waals surface area contributed by atoms with Crippen molar-refractivity contribution in [2.45, 2.75) is 26.7 Å². The van der Waals surface area contributed by atoms with E-state index in [0.29, 0.717) is 56.5 Å². The minimum absolute atomic E-state index is 0.325. The highest BCUT2D eigenvalue weighted by Crippen LogP contribution is 2.40. The predicted octanol–water partition coefficient (Wildman–Crippen LogP) is 2.93. The van der Waals surface area contributed by atoms with Crippen LogP contribution in [0.2, 0.25) is 0 Å². The van der Waals surface area contributed by atoms with Gasteiger partial charge in [-0.3, -0.25) is 9.59 Å². The third-order valence-corrected chi connectivity index (χ3v) is 5.36. The number of hydrogen-bond donors (Lipinski definition) is 2. The SMILES string of the molecule is CCOc1cc(N2CCOCC2)c(OCC)cc1NC(=O)C1CC=CCC1C(=O)O. The summed E-state index contributed by atoms with van der Waals surface area (Å²) < 4.78 is 17.1. The maximum Gasteiger partial charge on any atom is 0.307 e. The van der Waals surface area contributed by atoms with Crippen molar-refractivity contribution in [1.82, 2.24) is 0 Å². The van der Waals surface area contributed by atoms with Crippen LogP contribution in [0.3, 0.4) is 0 Å². The molecule has 30 heavy (non-hydrogen) atoms. The highest BCUT2D eigenvalue weighted by molar-refractivity contribution is 5.97. The van der Waals surface area contributed by atoms with Gasteiger partial charge in [-0.15, -0.1) is 0 Å². The van der Waals surface area contributed by atoms with Crippen molar-refractivity contribution < 1.29 is 28.9 Å². The van der Waals surface area contributed by atoms with E-state index < -0.39 is 17.8 Å². The lowest BCUT2D eigenvalue weighted by Crippen LogP contribution is -2.36. The van der Waals surface area contributed by atoms with Crippen molar-refractivity contribution in [2.24, 2.45) is 11.8 Å². The number of nitrogens with zero attached hydrogens (tertiary/aromatic N) is 1. The highest BCUT2D eigenvalue weighted by Gasteiger charge is 2.34. The van der Waals surface area contributed by atoms with E-state index in [0.717, 1.165) is 18.8 Å². The number of carbonyl (C=O) groups excluding carboxylic acids is 1. The van der Waals surface area contributed by atoms with E-state index in [4.69, 9.17) is 14.2 Å². The number of ether oxygens (including phenoxy) is 3. The van der Waals surface area contributed by atoms with Crippen molar-refractivity contribution in [1.29, 1.82) is 0 Å². The summed E-state index contributed by atoms with van der Waals surface area (Å²) in [7, 11) is 0. The van der Waals surface area contributed by atoms with Crippen LogP contribution in [0.1, 0.15) is 26.7 Å². The normalized spacial score (nSPS) is 21.2. The molecule has 0 aromatic heterocycles. The molecule has 1 aromatic rings. The lowest BCUT2D eigenvalue weighted by molar-refractivity contribution is -0.146. The largest absolute Gasteiger partial charge is 0.492 e. The monoisotopic (exact) mass is 418 g/mol. The van der Waals surface area contributed by atoms with Crippen molar-refractivity contribution in [2.75, 3.05) is 49.7 Å². The zero-order valence-corrected chi connectivity index (χ0v) is 17.6. The van der Waals surface area contributed by atoms with E-state index in [1.807, 2.05) is 32.1 Å². The van der Waals surface area contributed by atoms with Gasteiger partial charge in [0.05, 0.1) is 49.6 Å². The smallest absolute Gasteiger partial charge is 0.307 e. The van der Waals surface area contributed by atoms with Crippen molar-refractivity contribution >= 4 is 23.3 Å². The van der Waals surface area contributed by atoms with Gasteiger partial charge in [0.1, 0.15) is 11.5 Å². The second-order valence-corrected chi connectivity index (χ2v) is 7.26. The molecule has 2 aliphatic rings. The molecule has 8 nitrogen and oxygen atoms in total. The van der Waals surface area contributed by atoms with Gasteiger partial charge in [-0.1, -0.05) is 12.2 Å². The van der Waals surface area contributed by atoms with Gasteiger partial charge in [0.15, 0.2) is 0 Å². The Labute approximate surface area is 176 Å². The molecule has 1 heterocycles. The number of morpholine rings is 1. The Kier molecular flexibility index (Phi) is 7.57. The Morgan fingerprint density at radius 1 is 1.07 bits per heavy atom. The molecule has 1 saturated heterocycles. The van der Waals surface area contributed by atoms with E-state index in [-0.39, 0.29) is 5.91 Å². The fourth-order valence-corrected chi connectivity index (χ4v) is 3.85. The summed E-state index contributed by atoms with van der Waals surface area (Å²) in [5, 5.41) is 12.4. The van der Waals surface area contributed by atoms with E-state index in [1.165, 1.54) is 0 Å². The number of nitrogens with one attached hydrogen (secondary N) is 1. The van der Waals surface area contributed by atoms with Crippen molar-refractivity contribution in [3.63, 3.8) is 0 Å². The zero-order chi connectivity index (χ0) is 21.5. The average molecular weight is 418 g/mol. The number of carboxylic acid groups (broad SMARTS) is 1. The van der Waals surface area contributed by atoms with Gasteiger partial charge in [0.2, 0.25) is 5.91 Å². The molecule has 0 saturated carbocycles. The molecule has 164 valence electrons. The topological polar surface area (TPSA) is 97.3 Å². The van der Waals surface area contributed by atoms with Gasteiger partial charge in [0, 0.05) is 25.2 Å². The summed E-state index contributed by atoms with van der Waals surface area (Å²) in [4.78, 5) is 26.7. The number of carbonyl (C=O) groups is 2. The number of hydrogen-bond acceptors (Lipinski definition) is 6. The van der Waals surface area contributed by atoms with Crippen LogP contribution in [0, 0.1) is 11.8 Å². The first-order valence-electron chi connectivity index (χ1n) is 10.5. The number of anilines is 2. The van der Waals surface area contributed by atoms with Gasteiger partial charge < -0.3 is 29.5 Å². The molecule has 0 radical (unpaired) electrons. The molecule has 1 aromatic carbocycles. The zero-order valence-electron chi connectivity index (χ0n) is 17.6. The van der Waals surface area contributed by atoms with Crippen LogP contribution < -0.4 is 19.7 Å². The van der Waals surface area contributed by atoms with E-state index in [2.05, 4.69) is 10.2 Å². The van der Waals surface area contributed by atoms with E-state index in [1.54, 1.807) is 6.07 Å². The quantitative estimate of drug-likeness (QED) is 0.627. The van der Waals surface area contributed by atoms with Crippen LogP contribution in [-0.4, -0.2) is 56.5 Å². The van der Waals surface area contributed by atoms with Crippen molar-refractivity contribution in [3.05, 3.63) is 24.3 Å². The number of aliphatic carboxylic acids is 1. The number of amides is 1. The van der Waals surface area contributed by atoms with E-state index in [9.17, 15) is 14.7 Å². The lowest BCUT2D eigenvalue weighted by atomic mass is 9.82. The van der Waals surface area contributed by atoms with Crippen LogP contribution in [0.15, 0.2) is 24.3 Å². The van der Waals surface area contributed by atoms with Gasteiger partial charge in [-0.25, -0.2) is 0 Å². The van der Waals surface area contributed by atoms with Crippen LogP contribution in [0.5, 0.6) is 11.5 Å². The summed E-state index contributed by atoms with van der Waals surface area (Å²) in [6.07, 6.45) is 4.43. The molecule has 1 amide bonds. The third-order valence-electron chi connectivity index (χ3n) is 5.36. The summed E-state index contributed by atoms with van der Waals surface area (Å²) in [6.45, 7) is 7.46. The minimum Gasteiger partial charge on any atom is -0.492 e.